The van der Waals surface area contributed by atoms with Crippen LogP contribution >= 0.6 is 12.4 Å². The average molecular weight is 404 g/mol. The van der Waals surface area contributed by atoms with E-state index in [1.54, 1.807) is 4.90 Å². The van der Waals surface area contributed by atoms with Crippen molar-refractivity contribution in [3.63, 3.8) is 0 Å². The predicted octanol–water partition coefficient (Wildman–Crippen LogP) is 2.80. The van der Waals surface area contributed by atoms with Crippen LogP contribution in [-0.2, 0) is 12.7 Å². The molecule has 27 heavy (non-hydrogen) atoms. The molecule has 0 spiro atoms. The van der Waals surface area contributed by atoms with Crippen LogP contribution in [0.3, 0.4) is 0 Å². The van der Waals surface area contributed by atoms with Crippen LogP contribution in [0.5, 0.6) is 0 Å². The van der Waals surface area contributed by atoms with E-state index in [4.69, 9.17) is 5.73 Å². The van der Waals surface area contributed by atoms with Gasteiger partial charge < -0.3 is 15.2 Å². The molecular formula is C16H17ClF3N5O2. The Balaban J connectivity index is 0.00000210. The molecule has 1 amide bonds. The molecule has 2 N–H and O–H groups in total. The van der Waals surface area contributed by atoms with Gasteiger partial charge in [0.15, 0.2) is 0 Å². The normalized spacial score (nSPS) is 22.5. The number of pyridine rings is 1. The average Bonchev–Trinajstić information content (AvgIpc) is 3.21. The van der Waals surface area contributed by atoms with Gasteiger partial charge in [-0.1, -0.05) is 18.0 Å². The molecule has 1 aliphatic carbocycles. The second-order valence-corrected chi connectivity index (χ2v) is 6.59. The maximum atomic E-state index is 12.8. The van der Waals surface area contributed by atoms with Crippen LogP contribution in [0.25, 0.3) is 11.4 Å². The van der Waals surface area contributed by atoms with Gasteiger partial charge >= 0.3 is 12.1 Å². The fraction of sp³-hybridized carbons (Fsp3) is 0.500. The molecule has 2 aromatic rings. The fourth-order valence-electron chi connectivity index (χ4n) is 3.57. The SMILES string of the molecule is Cl.N[C@@H]1CCCC[C@H]1N1Cc2ncc(-c3noc(C(F)(F)F)n3)cc2C1=O. The van der Waals surface area contributed by atoms with Gasteiger partial charge in [-0.05, 0) is 18.9 Å². The molecule has 1 fully saturated rings. The number of alkyl halides is 3. The first-order valence-electron chi connectivity index (χ1n) is 8.31. The third kappa shape index (κ3) is 3.51. The zero-order valence-electron chi connectivity index (χ0n) is 14.1. The van der Waals surface area contributed by atoms with E-state index in [-0.39, 0.29) is 41.8 Å². The number of aromatic nitrogens is 3. The van der Waals surface area contributed by atoms with Crippen molar-refractivity contribution < 1.29 is 22.5 Å². The summed E-state index contributed by atoms with van der Waals surface area (Å²) in [5, 5.41) is 3.33. The zero-order valence-corrected chi connectivity index (χ0v) is 14.9. The van der Waals surface area contributed by atoms with E-state index in [1.165, 1.54) is 12.3 Å². The smallest absolute Gasteiger partial charge is 0.329 e. The van der Waals surface area contributed by atoms with E-state index in [2.05, 4.69) is 19.6 Å². The molecule has 11 heteroatoms. The summed E-state index contributed by atoms with van der Waals surface area (Å²) < 4.78 is 42.1. The maximum absolute atomic E-state index is 12.8. The van der Waals surface area contributed by atoms with Gasteiger partial charge in [0.05, 0.1) is 17.8 Å². The highest BCUT2D eigenvalue weighted by molar-refractivity contribution is 5.99. The Morgan fingerprint density at radius 1 is 1.26 bits per heavy atom. The van der Waals surface area contributed by atoms with E-state index in [0.29, 0.717) is 17.8 Å². The quantitative estimate of drug-likeness (QED) is 0.828. The number of nitrogens with zero attached hydrogens (tertiary/aromatic N) is 4. The first-order chi connectivity index (χ1) is 12.3. The van der Waals surface area contributed by atoms with Gasteiger partial charge in [0.1, 0.15) is 0 Å². The Hall–Kier alpha value is -2.20. The number of nitrogens with two attached hydrogens (primary N) is 1. The van der Waals surface area contributed by atoms with Crippen LogP contribution < -0.4 is 5.73 Å². The van der Waals surface area contributed by atoms with Crippen LogP contribution in [-0.4, -0.2) is 38.0 Å². The third-order valence-electron chi connectivity index (χ3n) is 4.89. The van der Waals surface area contributed by atoms with E-state index in [1.807, 2.05) is 0 Å². The van der Waals surface area contributed by atoms with Gasteiger partial charge in [-0.2, -0.15) is 18.2 Å². The molecule has 4 rings (SSSR count). The van der Waals surface area contributed by atoms with Gasteiger partial charge in [0.25, 0.3) is 5.91 Å². The number of carbonyl (C=O) groups excluding carboxylic acids is 1. The molecule has 146 valence electrons. The van der Waals surface area contributed by atoms with E-state index in [0.717, 1.165) is 25.7 Å². The van der Waals surface area contributed by atoms with Crippen molar-refractivity contribution in [2.75, 3.05) is 0 Å². The van der Waals surface area contributed by atoms with E-state index >= 15 is 0 Å². The highest BCUT2D eigenvalue weighted by Crippen LogP contribution is 2.33. The molecule has 3 heterocycles. The molecule has 0 bridgehead atoms. The summed E-state index contributed by atoms with van der Waals surface area (Å²) in [5.74, 6) is -1.90. The van der Waals surface area contributed by atoms with Crippen molar-refractivity contribution in [1.29, 1.82) is 0 Å². The van der Waals surface area contributed by atoms with Gasteiger partial charge in [-0.3, -0.25) is 9.78 Å². The summed E-state index contributed by atoms with van der Waals surface area (Å²) in [6, 6.07) is 1.34. The first-order valence-corrected chi connectivity index (χ1v) is 8.31. The Morgan fingerprint density at radius 2 is 2.00 bits per heavy atom. The summed E-state index contributed by atoms with van der Waals surface area (Å²) in [4.78, 5) is 22.0. The first kappa shape index (κ1) is 19.6. The van der Waals surface area contributed by atoms with Crippen molar-refractivity contribution in [3.05, 3.63) is 29.4 Å². The highest BCUT2D eigenvalue weighted by atomic mass is 35.5. The second-order valence-electron chi connectivity index (χ2n) is 6.59. The van der Waals surface area contributed by atoms with Crippen LogP contribution in [0.1, 0.15) is 47.6 Å². The monoisotopic (exact) mass is 403 g/mol. The number of halogens is 4. The largest absolute Gasteiger partial charge is 0.471 e. The summed E-state index contributed by atoms with van der Waals surface area (Å²) >= 11 is 0. The van der Waals surface area contributed by atoms with Gasteiger partial charge in [0, 0.05) is 23.8 Å². The Kier molecular flexibility index (Phi) is 5.13. The summed E-state index contributed by atoms with van der Waals surface area (Å²) in [6.07, 6.45) is 0.398. The van der Waals surface area contributed by atoms with Crippen molar-refractivity contribution in [2.24, 2.45) is 5.73 Å². The number of rotatable bonds is 2. The molecule has 0 radical (unpaired) electrons. The lowest BCUT2D eigenvalue weighted by Crippen LogP contribution is -2.49. The highest BCUT2D eigenvalue weighted by Gasteiger charge is 2.40. The van der Waals surface area contributed by atoms with Crippen molar-refractivity contribution in [2.45, 2.75) is 50.5 Å². The number of hydrogen-bond donors (Lipinski definition) is 1. The minimum absolute atomic E-state index is 0. The summed E-state index contributed by atoms with van der Waals surface area (Å²) in [5.41, 5.74) is 7.29. The predicted molar refractivity (Wildman–Crippen MR) is 89.9 cm³/mol. The van der Waals surface area contributed by atoms with Gasteiger partial charge in [-0.25, -0.2) is 0 Å². The molecule has 1 aliphatic heterocycles. The van der Waals surface area contributed by atoms with Crippen LogP contribution in [0.4, 0.5) is 13.2 Å². The lowest BCUT2D eigenvalue weighted by Gasteiger charge is -2.35. The maximum Gasteiger partial charge on any atom is 0.471 e. The summed E-state index contributed by atoms with van der Waals surface area (Å²) in [7, 11) is 0. The minimum Gasteiger partial charge on any atom is -0.329 e. The number of carbonyl (C=O) groups is 1. The Bertz CT molecular complexity index is 857. The minimum atomic E-state index is -4.72. The summed E-state index contributed by atoms with van der Waals surface area (Å²) in [6.45, 7) is 0.354. The molecule has 2 atom stereocenters. The van der Waals surface area contributed by atoms with Crippen molar-refractivity contribution in [3.8, 4) is 11.4 Å². The topological polar surface area (TPSA) is 98.1 Å². The second kappa shape index (κ2) is 7.08. The van der Waals surface area contributed by atoms with E-state index in [9.17, 15) is 18.0 Å². The Labute approximate surface area is 158 Å². The lowest BCUT2D eigenvalue weighted by atomic mass is 9.90. The third-order valence-corrected chi connectivity index (χ3v) is 4.89. The zero-order chi connectivity index (χ0) is 18.5. The number of hydrogen-bond acceptors (Lipinski definition) is 6. The number of amides is 1. The Morgan fingerprint density at radius 3 is 2.67 bits per heavy atom. The molecule has 0 aromatic carbocycles. The molecule has 7 nitrogen and oxygen atoms in total. The van der Waals surface area contributed by atoms with Crippen LogP contribution in [0.2, 0.25) is 0 Å². The molecule has 2 aromatic heterocycles. The standard InChI is InChI=1S/C16H16F3N5O2.ClH/c17-16(18,19)15-22-13(23-26-15)8-5-9-11(21-6-8)7-24(14(9)25)12-4-2-1-3-10(12)20;/h5-6,10,12H,1-4,7,20H2;1H/t10-,12-;/m1./s1. The van der Waals surface area contributed by atoms with Crippen molar-refractivity contribution >= 4 is 18.3 Å². The molecule has 2 aliphatic rings. The molecule has 1 saturated carbocycles. The molecule has 0 unspecified atom stereocenters. The van der Waals surface area contributed by atoms with Crippen LogP contribution in [0.15, 0.2) is 16.8 Å². The fourth-order valence-corrected chi connectivity index (χ4v) is 3.57. The number of fused-ring (bicyclic) bond motifs is 1. The van der Waals surface area contributed by atoms with Crippen LogP contribution in [0, 0.1) is 0 Å². The van der Waals surface area contributed by atoms with E-state index < -0.39 is 12.1 Å². The van der Waals surface area contributed by atoms with Gasteiger partial charge in [-0.15, -0.1) is 12.4 Å². The van der Waals surface area contributed by atoms with Gasteiger partial charge in [0.2, 0.25) is 5.82 Å². The molecule has 0 saturated heterocycles. The van der Waals surface area contributed by atoms with Crippen molar-refractivity contribution in [1.82, 2.24) is 20.0 Å². The lowest BCUT2D eigenvalue weighted by molar-refractivity contribution is -0.159. The molecular weight excluding hydrogens is 387 g/mol.